The molecule has 59 heavy (non-hydrogen) atoms. The first kappa shape index (κ1) is 50.0. The maximum Gasteiger partial charge on any atom is 0.308 e. The molecule has 14 nitrogen and oxygen atoms in total. The average molecular weight is 877 g/mol. The third-order valence-corrected chi connectivity index (χ3v) is 23.1. The fourth-order valence-electron chi connectivity index (χ4n) is 6.87. The van der Waals surface area contributed by atoms with Gasteiger partial charge in [-0.1, -0.05) is 70.9 Å². The Morgan fingerprint density at radius 3 is 2.27 bits per heavy atom. The molecule has 2 heterocycles. The number of nitrogens with zero attached hydrogens (tertiary/aromatic N) is 4. The van der Waals surface area contributed by atoms with Crippen LogP contribution in [-0.4, -0.2) is 105 Å². The molecule has 1 aliphatic heterocycles. The Morgan fingerprint density at radius 2 is 1.68 bits per heavy atom. The second-order valence-corrected chi connectivity index (χ2v) is 30.0. The number of allylic oxidation sites excluding steroid dienone is 1. The molecule has 0 saturated heterocycles. The van der Waals surface area contributed by atoms with E-state index in [-0.39, 0.29) is 46.4 Å². The number of aliphatic hydroxyl groups is 1. The van der Waals surface area contributed by atoms with Crippen molar-refractivity contribution in [2.75, 3.05) is 12.4 Å². The Morgan fingerprint density at radius 1 is 1.07 bits per heavy atom. The van der Waals surface area contributed by atoms with Crippen molar-refractivity contribution in [3.63, 3.8) is 0 Å². The number of carbonyl (C=O) groups excluding carboxylic acids is 3. The molecule has 1 N–H and O–H groups in total. The van der Waals surface area contributed by atoms with Gasteiger partial charge < -0.3 is 23.4 Å². The summed E-state index contributed by atoms with van der Waals surface area (Å²) in [6.45, 7) is 26.0. The van der Waals surface area contributed by atoms with Crippen LogP contribution in [0.5, 0.6) is 0 Å². The van der Waals surface area contributed by atoms with Gasteiger partial charge in [0.05, 0.1) is 24.0 Å². The largest absolute Gasteiger partial charge is 0.457 e. The fourth-order valence-corrected chi connectivity index (χ4v) is 12.3. The lowest BCUT2D eigenvalue weighted by Gasteiger charge is -2.46. The van der Waals surface area contributed by atoms with Gasteiger partial charge in [0, 0.05) is 19.4 Å². The number of aromatic nitrogens is 4. The monoisotopic (exact) mass is 876 g/mol. The zero-order valence-electron chi connectivity index (χ0n) is 37.4. The number of sulfone groups is 1. The van der Waals surface area contributed by atoms with Gasteiger partial charge in [-0.15, -0.1) is 0 Å². The van der Waals surface area contributed by atoms with Crippen molar-refractivity contribution in [1.82, 2.24) is 20.2 Å². The van der Waals surface area contributed by atoms with Crippen molar-refractivity contribution in [3.8, 4) is 5.69 Å². The molecule has 0 spiro atoms. The number of tetrazole rings is 1. The van der Waals surface area contributed by atoms with Gasteiger partial charge in [-0.3, -0.25) is 14.4 Å². The Hall–Kier alpha value is -3.36. The van der Waals surface area contributed by atoms with Crippen molar-refractivity contribution >= 4 is 44.7 Å². The lowest BCUT2D eigenvalue weighted by Crippen LogP contribution is -2.48. The second-order valence-electron chi connectivity index (χ2n) is 18.8. The summed E-state index contributed by atoms with van der Waals surface area (Å²) in [6.07, 6.45) is 5.11. The van der Waals surface area contributed by atoms with Crippen LogP contribution in [-0.2, 0) is 42.5 Å². The van der Waals surface area contributed by atoms with Gasteiger partial charge in [0.1, 0.15) is 24.1 Å². The van der Waals surface area contributed by atoms with Crippen LogP contribution in [0.1, 0.15) is 94.4 Å². The van der Waals surface area contributed by atoms with Crippen LogP contribution in [0.25, 0.3) is 5.69 Å². The number of ether oxygens (including phenoxy) is 2. The highest BCUT2D eigenvalue weighted by Gasteiger charge is 2.47. The van der Waals surface area contributed by atoms with Gasteiger partial charge in [0.2, 0.25) is 9.84 Å². The molecule has 0 bridgehead atoms. The predicted octanol–water partition coefficient (Wildman–Crippen LogP) is 7.34. The Kier molecular flexibility index (Phi) is 17.0. The zero-order valence-corrected chi connectivity index (χ0v) is 40.2. The van der Waals surface area contributed by atoms with Crippen LogP contribution < -0.4 is 0 Å². The molecule has 0 saturated carbocycles. The van der Waals surface area contributed by atoms with E-state index in [1.54, 1.807) is 50.3 Å². The molecule has 1 aromatic carbocycles. The summed E-state index contributed by atoms with van der Waals surface area (Å²) in [5, 5.41) is 22.3. The van der Waals surface area contributed by atoms with E-state index in [1.165, 1.54) is 17.7 Å². The highest BCUT2D eigenvalue weighted by Crippen LogP contribution is 2.50. The Balaban J connectivity index is 1.74. The van der Waals surface area contributed by atoms with Gasteiger partial charge in [0.25, 0.3) is 5.16 Å². The Labute approximate surface area is 353 Å². The van der Waals surface area contributed by atoms with Gasteiger partial charge in [0.15, 0.2) is 16.6 Å². The molecule has 1 aliphatic rings. The first-order chi connectivity index (χ1) is 27.1. The van der Waals surface area contributed by atoms with E-state index in [2.05, 4.69) is 69.4 Å². The number of hydrogen-bond donors (Lipinski definition) is 1. The van der Waals surface area contributed by atoms with Gasteiger partial charge >= 0.3 is 11.9 Å². The topological polar surface area (TPSA) is 186 Å². The van der Waals surface area contributed by atoms with Crippen molar-refractivity contribution in [2.24, 2.45) is 11.8 Å². The number of benzene rings is 1. The molecule has 0 amide bonds. The van der Waals surface area contributed by atoms with Crippen molar-refractivity contribution in [3.05, 3.63) is 54.1 Å². The molecule has 6 atom stereocenters. The minimum Gasteiger partial charge on any atom is -0.457 e. The number of rotatable bonds is 17. The van der Waals surface area contributed by atoms with E-state index >= 15 is 0 Å². The Bertz CT molecular complexity index is 1910. The summed E-state index contributed by atoms with van der Waals surface area (Å²) in [5.41, 5.74) is -0.342. The molecular weight excluding hydrogens is 809 g/mol. The standard InChI is InChI=1S/C42H68N4O10SSi2/c1-30(29-57(51,52)39-43-44-45-46(39)34-17-15-14-16-18-34)28-53-58(10,11)40(5,6)24-25-41(7,8)59(12,13)56-35-21-23-42(9,50)36(54-33(4)48)20-19-31(2)38(32(3)22-26-47)55-37(49)27-35/h14-20,22,26,30-31,35-36,38,50H,21,23-25,27-29H2,1-13H3/b20-19+,32-22+/t30-,31-,35+,36-,38-,42+/m0/s1. The maximum atomic E-state index is 13.6. The predicted molar refractivity (Wildman–Crippen MR) is 232 cm³/mol. The number of esters is 2. The number of para-hydroxylation sites is 1. The number of aldehydes is 1. The molecule has 3 rings (SSSR count). The van der Waals surface area contributed by atoms with Gasteiger partial charge in [-0.25, -0.2) is 8.42 Å². The first-order valence-corrected chi connectivity index (χ1v) is 27.9. The minimum atomic E-state index is -3.82. The number of cyclic esters (lactones) is 1. The second kappa shape index (κ2) is 20.0. The van der Waals surface area contributed by atoms with E-state index in [1.807, 2.05) is 19.9 Å². The molecule has 17 heteroatoms. The van der Waals surface area contributed by atoms with E-state index in [0.29, 0.717) is 24.0 Å². The van der Waals surface area contributed by atoms with Crippen LogP contribution >= 0.6 is 0 Å². The third-order valence-electron chi connectivity index (χ3n) is 12.4. The normalized spacial score (nSPS) is 24.3. The SMILES string of the molecule is CC(=O)O[C@H]1/C=C/[C@H](C)[C@@H](/C(C)=C/C=O)OC(=O)C[C@H](O[Si](C)(C)C(C)(C)CCC(C)(C)[Si](C)(C)OC[C@H](C)CS(=O)(=O)c2nnnn2-c2ccccc2)CC[C@@]1(C)O. The summed E-state index contributed by atoms with van der Waals surface area (Å²) in [6, 6.07) is 8.90. The molecule has 330 valence electrons. The van der Waals surface area contributed by atoms with Gasteiger partial charge in [-0.05, 0) is 122 Å². The van der Waals surface area contributed by atoms with E-state index in [4.69, 9.17) is 18.3 Å². The zero-order chi connectivity index (χ0) is 44.6. The highest BCUT2D eigenvalue weighted by atomic mass is 32.2. The average Bonchev–Trinajstić information content (AvgIpc) is 3.64. The van der Waals surface area contributed by atoms with Crippen molar-refractivity contribution in [1.29, 1.82) is 0 Å². The van der Waals surface area contributed by atoms with Crippen molar-refractivity contribution in [2.45, 2.75) is 160 Å². The van der Waals surface area contributed by atoms with E-state index in [0.717, 1.165) is 12.8 Å². The summed E-state index contributed by atoms with van der Waals surface area (Å²) in [5.74, 6) is -1.89. The van der Waals surface area contributed by atoms with Crippen LogP contribution in [0.3, 0.4) is 0 Å². The molecule has 0 radical (unpaired) electrons. The van der Waals surface area contributed by atoms with E-state index < -0.39 is 68.2 Å². The van der Waals surface area contributed by atoms with E-state index in [9.17, 15) is 27.9 Å². The minimum absolute atomic E-state index is 0.0590. The van der Waals surface area contributed by atoms with Crippen LogP contribution in [0.4, 0.5) is 0 Å². The highest BCUT2D eigenvalue weighted by molar-refractivity contribution is 7.91. The van der Waals surface area contributed by atoms with Gasteiger partial charge in [-0.2, -0.15) is 4.68 Å². The lowest BCUT2D eigenvalue weighted by atomic mass is 9.89. The smallest absolute Gasteiger partial charge is 0.308 e. The summed E-state index contributed by atoms with van der Waals surface area (Å²) >= 11 is 0. The molecular formula is C42H68N4O10SSi2. The third kappa shape index (κ3) is 13.6. The fraction of sp³-hybridized carbons (Fsp3) is 0.667. The summed E-state index contributed by atoms with van der Waals surface area (Å²) in [7, 11) is -8.88. The molecule has 1 aromatic heterocycles. The number of hydrogen-bond acceptors (Lipinski definition) is 13. The first-order valence-electron chi connectivity index (χ1n) is 20.4. The van der Waals surface area contributed by atoms with Crippen LogP contribution in [0, 0.1) is 11.8 Å². The molecule has 0 unspecified atom stereocenters. The summed E-state index contributed by atoms with van der Waals surface area (Å²) < 4.78 is 53.3. The van der Waals surface area contributed by atoms with Crippen LogP contribution in [0.2, 0.25) is 36.3 Å². The van der Waals surface area contributed by atoms with Crippen LogP contribution in [0.15, 0.2) is 59.3 Å². The summed E-state index contributed by atoms with van der Waals surface area (Å²) in [4.78, 5) is 37.0. The quantitative estimate of drug-likeness (QED) is 0.0548. The molecule has 0 aliphatic carbocycles. The molecule has 2 aromatic rings. The maximum absolute atomic E-state index is 13.6. The number of carbonyl (C=O) groups is 3. The lowest BCUT2D eigenvalue weighted by molar-refractivity contribution is -0.157. The van der Waals surface area contributed by atoms with Crippen molar-refractivity contribution < 1.29 is 46.2 Å². The molecule has 0 fully saturated rings.